The highest BCUT2D eigenvalue weighted by Crippen LogP contribution is 2.18. The van der Waals surface area contributed by atoms with Gasteiger partial charge in [-0.2, -0.15) is 5.10 Å². The first kappa shape index (κ1) is 18.6. The number of esters is 2. The Kier molecular flexibility index (Phi) is 6.26. The van der Waals surface area contributed by atoms with Crippen LogP contribution in [-0.4, -0.2) is 58.3 Å². The summed E-state index contributed by atoms with van der Waals surface area (Å²) in [5.41, 5.74) is -0.436. The molecule has 1 amide bonds. The molecular weight excluding hydrogens is 330 g/mol. The molecule has 0 aliphatic carbocycles. The Balaban J connectivity index is 1.97. The van der Waals surface area contributed by atoms with Crippen LogP contribution in [0.25, 0.3) is 0 Å². The van der Waals surface area contributed by atoms with Crippen LogP contribution in [0.1, 0.15) is 36.7 Å². The topological polar surface area (TPSA) is 108 Å². The lowest BCUT2D eigenvalue weighted by atomic mass is 10.0. The molecule has 1 aromatic rings. The summed E-state index contributed by atoms with van der Waals surface area (Å²) in [6.45, 7) is 1.86. The van der Waals surface area contributed by atoms with Crippen LogP contribution < -0.4 is 5.56 Å². The standard InChI is InChI=1S/C16H21N3O6/c1-3-24-16(23)12-6-4-5-9-19(12)14(21)10-25-15(22)11-7-8-13(20)18(2)17-11/h7-8,12H,3-6,9-10H2,1-2H3. The van der Waals surface area contributed by atoms with Gasteiger partial charge < -0.3 is 14.4 Å². The summed E-state index contributed by atoms with van der Waals surface area (Å²) in [6, 6.07) is 1.78. The minimum absolute atomic E-state index is 0.0736. The number of piperidine rings is 1. The quantitative estimate of drug-likeness (QED) is 0.681. The lowest BCUT2D eigenvalue weighted by molar-refractivity contribution is -0.157. The molecular formula is C16H21N3O6. The van der Waals surface area contributed by atoms with E-state index in [-0.39, 0.29) is 17.9 Å². The number of carbonyl (C=O) groups excluding carboxylic acids is 3. The number of likely N-dealkylation sites (tertiary alicyclic amines) is 1. The van der Waals surface area contributed by atoms with E-state index in [1.165, 1.54) is 24.1 Å². The molecule has 0 saturated carbocycles. The van der Waals surface area contributed by atoms with Crippen LogP contribution in [0.3, 0.4) is 0 Å². The molecule has 2 heterocycles. The fourth-order valence-electron chi connectivity index (χ4n) is 2.61. The van der Waals surface area contributed by atoms with Crippen molar-refractivity contribution in [1.29, 1.82) is 0 Å². The summed E-state index contributed by atoms with van der Waals surface area (Å²) in [4.78, 5) is 48.9. The predicted molar refractivity (Wildman–Crippen MR) is 85.7 cm³/mol. The van der Waals surface area contributed by atoms with Gasteiger partial charge in [0.15, 0.2) is 12.3 Å². The zero-order chi connectivity index (χ0) is 18.4. The Morgan fingerprint density at radius 2 is 2.00 bits per heavy atom. The van der Waals surface area contributed by atoms with Crippen LogP contribution >= 0.6 is 0 Å². The molecule has 0 radical (unpaired) electrons. The normalized spacial score (nSPS) is 17.0. The molecule has 1 aromatic heterocycles. The third-order valence-electron chi connectivity index (χ3n) is 3.88. The second-order valence-corrected chi connectivity index (χ2v) is 5.61. The van der Waals surface area contributed by atoms with Gasteiger partial charge in [0.05, 0.1) is 6.61 Å². The van der Waals surface area contributed by atoms with E-state index in [4.69, 9.17) is 9.47 Å². The predicted octanol–water partition coefficient (Wildman–Crippen LogP) is -0.119. The number of carbonyl (C=O) groups is 3. The second kappa shape index (κ2) is 8.41. The Labute approximate surface area is 144 Å². The first-order chi connectivity index (χ1) is 11.9. The van der Waals surface area contributed by atoms with Gasteiger partial charge in [0.2, 0.25) is 0 Å². The summed E-state index contributed by atoms with van der Waals surface area (Å²) < 4.78 is 11.0. The summed E-state index contributed by atoms with van der Waals surface area (Å²) in [7, 11) is 1.40. The molecule has 2 rings (SSSR count). The van der Waals surface area contributed by atoms with Crippen LogP contribution in [0, 0.1) is 0 Å². The molecule has 1 aliphatic heterocycles. The van der Waals surface area contributed by atoms with Crippen molar-refractivity contribution >= 4 is 17.8 Å². The monoisotopic (exact) mass is 351 g/mol. The van der Waals surface area contributed by atoms with Gasteiger partial charge in [-0.05, 0) is 32.3 Å². The minimum atomic E-state index is -0.811. The van der Waals surface area contributed by atoms with Crippen molar-refractivity contribution in [1.82, 2.24) is 14.7 Å². The van der Waals surface area contributed by atoms with Gasteiger partial charge in [0.25, 0.3) is 11.5 Å². The molecule has 1 aliphatic rings. The molecule has 25 heavy (non-hydrogen) atoms. The molecule has 0 aromatic carbocycles. The maximum atomic E-state index is 12.3. The highest BCUT2D eigenvalue weighted by Gasteiger charge is 2.33. The van der Waals surface area contributed by atoms with E-state index < -0.39 is 30.5 Å². The van der Waals surface area contributed by atoms with Gasteiger partial charge in [-0.3, -0.25) is 9.59 Å². The maximum Gasteiger partial charge on any atom is 0.359 e. The van der Waals surface area contributed by atoms with E-state index in [2.05, 4.69) is 5.10 Å². The van der Waals surface area contributed by atoms with Crippen molar-refractivity contribution in [3.05, 3.63) is 28.2 Å². The average molecular weight is 351 g/mol. The number of aryl methyl sites for hydroxylation is 1. The molecule has 1 saturated heterocycles. The number of amides is 1. The average Bonchev–Trinajstić information content (AvgIpc) is 2.61. The molecule has 9 nitrogen and oxygen atoms in total. The zero-order valence-electron chi connectivity index (χ0n) is 14.3. The number of aromatic nitrogens is 2. The van der Waals surface area contributed by atoms with Gasteiger partial charge >= 0.3 is 11.9 Å². The highest BCUT2D eigenvalue weighted by molar-refractivity contribution is 5.90. The number of hydrogen-bond acceptors (Lipinski definition) is 7. The Hall–Kier alpha value is -2.71. The molecule has 0 N–H and O–H groups in total. The molecule has 1 atom stereocenters. The van der Waals surface area contributed by atoms with Crippen LogP contribution in [0.4, 0.5) is 0 Å². The van der Waals surface area contributed by atoms with E-state index in [1.54, 1.807) is 6.92 Å². The molecule has 1 fully saturated rings. The third kappa shape index (κ3) is 4.65. The number of rotatable bonds is 5. The van der Waals surface area contributed by atoms with Crippen molar-refractivity contribution < 1.29 is 23.9 Å². The van der Waals surface area contributed by atoms with Gasteiger partial charge in [0.1, 0.15) is 6.04 Å². The van der Waals surface area contributed by atoms with Crippen LogP contribution in [0.15, 0.2) is 16.9 Å². The SMILES string of the molecule is CCOC(=O)C1CCCCN1C(=O)COC(=O)c1ccc(=O)n(C)n1. The molecule has 0 bridgehead atoms. The molecule has 1 unspecified atom stereocenters. The Morgan fingerprint density at radius 3 is 2.68 bits per heavy atom. The third-order valence-corrected chi connectivity index (χ3v) is 3.88. The lowest BCUT2D eigenvalue weighted by Gasteiger charge is -2.33. The van der Waals surface area contributed by atoms with Crippen LogP contribution in [-0.2, 0) is 26.1 Å². The molecule has 9 heteroatoms. The summed E-state index contributed by atoms with van der Waals surface area (Å²) in [5, 5.41) is 3.76. The number of hydrogen-bond donors (Lipinski definition) is 0. The van der Waals surface area contributed by atoms with Crippen molar-refractivity contribution in [2.75, 3.05) is 19.8 Å². The smallest absolute Gasteiger partial charge is 0.359 e. The van der Waals surface area contributed by atoms with Crippen LogP contribution in [0.5, 0.6) is 0 Å². The first-order valence-electron chi connectivity index (χ1n) is 8.11. The van der Waals surface area contributed by atoms with E-state index in [1.807, 2.05) is 0 Å². The fraction of sp³-hybridized carbons (Fsp3) is 0.562. The van der Waals surface area contributed by atoms with Crippen molar-refractivity contribution in [2.45, 2.75) is 32.2 Å². The molecule has 0 spiro atoms. The first-order valence-corrected chi connectivity index (χ1v) is 8.11. The van der Waals surface area contributed by atoms with Crippen molar-refractivity contribution in [2.24, 2.45) is 7.05 Å². The minimum Gasteiger partial charge on any atom is -0.464 e. The summed E-state index contributed by atoms with van der Waals surface area (Å²) >= 11 is 0. The summed E-state index contributed by atoms with van der Waals surface area (Å²) in [6.07, 6.45) is 2.13. The van der Waals surface area contributed by atoms with Crippen molar-refractivity contribution in [3.8, 4) is 0 Å². The second-order valence-electron chi connectivity index (χ2n) is 5.61. The lowest BCUT2D eigenvalue weighted by Crippen LogP contribution is -2.50. The largest absolute Gasteiger partial charge is 0.464 e. The van der Waals surface area contributed by atoms with Gasteiger partial charge in [-0.15, -0.1) is 0 Å². The fourth-order valence-corrected chi connectivity index (χ4v) is 2.61. The maximum absolute atomic E-state index is 12.3. The zero-order valence-corrected chi connectivity index (χ0v) is 14.3. The van der Waals surface area contributed by atoms with Gasteiger partial charge in [-0.1, -0.05) is 0 Å². The summed E-state index contributed by atoms with van der Waals surface area (Å²) in [5.74, 6) is -1.72. The van der Waals surface area contributed by atoms with Gasteiger partial charge in [0, 0.05) is 19.7 Å². The van der Waals surface area contributed by atoms with E-state index in [0.29, 0.717) is 13.0 Å². The van der Waals surface area contributed by atoms with Gasteiger partial charge in [-0.25, -0.2) is 14.3 Å². The molecule has 136 valence electrons. The van der Waals surface area contributed by atoms with E-state index in [0.717, 1.165) is 17.5 Å². The van der Waals surface area contributed by atoms with E-state index >= 15 is 0 Å². The van der Waals surface area contributed by atoms with E-state index in [9.17, 15) is 19.2 Å². The number of ether oxygens (including phenoxy) is 2. The van der Waals surface area contributed by atoms with Crippen LogP contribution in [0.2, 0.25) is 0 Å². The Bertz CT molecular complexity index is 714. The highest BCUT2D eigenvalue weighted by atomic mass is 16.5. The Morgan fingerprint density at radius 1 is 1.24 bits per heavy atom. The van der Waals surface area contributed by atoms with Crippen molar-refractivity contribution in [3.63, 3.8) is 0 Å². The number of nitrogens with zero attached hydrogens (tertiary/aromatic N) is 3.